The minimum Gasteiger partial charge on any atom is -0.242 e. The number of halogens is 1. The van der Waals surface area contributed by atoms with E-state index in [9.17, 15) is 4.21 Å². The quantitative estimate of drug-likeness (QED) is 0.546. The molecule has 1 rings (SSSR count). The molecule has 0 aromatic rings. The first-order valence-electron chi connectivity index (χ1n) is 3.08. The molecule has 1 nitrogen and oxygen atoms in total. The number of rotatable bonds is 1. The van der Waals surface area contributed by atoms with E-state index in [0.29, 0.717) is 5.41 Å². The van der Waals surface area contributed by atoms with Gasteiger partial charge in [0, 0.05) is 0 Å². The molecule has 9 heavy (non-hydrogen) atoms. The molecule has 0 N–H and O–H groups in total. The van der Waals surface area contributed by atoms with Crippen molar-refractivity contribution < 1.29 is 4.21 Å². The van der Waals surface area contributed by atoms with Crippen LogP contribution in [0.5, 0.6) is 0 Å². The Morgan fingerprint density at radius 1 is 1.56 bits per heavy atom. The van der Waals surface area contributed by atoms with E-state index in [-0.39, 0.29) is 5.25 Å². The summed E-state index contributed by atoms with van der Waals surface area (Å²) in [7, 11) is 4.28. The molecule has 54 valence electrons. The summed E-state index contributed by atoms with van der Waals surface area (Å²) in [5, 5.41) is 0.265. The van der Waals surface area contributed by atoms with Gasteiger partial charge in [0.1, 0.15) is 10.0 Å². The molecule has 0 bridgehead atoms. The monoisotopic (exact) mass is 166 g/mol. The molecular formula is C6H11ClOS. The van der Waals surface area contributed by atoms with Crippen molar-refractivity contribution in [3.63, 3.8) is 0 Å². The molecule has 0 radical (unpaired) electrons. The molecular weight excluding hydrogens is 156 g/mol. The van der Waals surface area contributed by atoms with E-state index in [1.165, 1.54) is 0 Å². The largest absolute Gasteiger partial charge is 0.242 e. The third kappa shape index (κ3) is 1.68. The molecule has 0 spiro atoms. The number of hydrogen-bond acceptors (Lipinski definition) is 1. The topological polar surface area (TPSA) is 17.1 Å². The van der Waals surface area contributed by atoms with Gasteiger partial charge in [0.25, 0.3) is 0 Å². The third-order valence-electron chi connectivity index (χ3n) is 1.82. The van der Waals surface area contributed by atoms with Gasteiger partial charge in [0.05, 0.1) is 5.25 Å². The Bertz CT molecular complexity index is 136. The molecule has 0 amide bonds. The van der Waals surface area contributed by atoms with Crippen LogP contribution in [-0.4, -0.2) is 9.46 Å². The Hall–Kier alpha value is 0.440. The highest BCUT2D eigenvalue weighted by atomic mass is 35.7. The van der Waals surface area contributed by atoms with Crippen molar-refractivity contribution in [2.24, 2.45) is 5.41 Å². The molecule has 1 unspecified atom stereocenters. The maximum Gasteiger partial charge on any atom is 0.118 e. The SMILES string of the molecule is CC1(C)CC(S(=O)Cl)C1. The van der Waals surface area contributed by atoms with Crippen LogP contribution in [0.3, 0.4) is 0 Å². The fourth-order valence-corrected chi connectivity index (χ4v) is 2.85. The van der Waals surface area contributed by atoms with Gasteiger partial charge in [-0.2, -0.15) is 0 Å². The van der Waals surface area contributed by atoms with E-state index < -0.39 is 10.0 Å². The molecule has 3 heteroatoms. The zero-order valence-electron chi connectivity index (χ0n) is 5.69. The molecule has 1 saturated carbocycles. The summed E-state index contributed by atoms with van der Waals surface area (Å²) < 4.78 is 10.6. The van der Waals surface area contributed by atoms with Gasteiger partial charge < -0.3 is 0 Å². The summed E-state index contributed by atoms with van der Waals surface area (Å²) >= 11 is 0. The molecule has 0 aliphatic heterocycles. The number of hydrogen-bond donors (Lipinski definition) is 0. The van der Waals surface area contributed by atoms with Crippen LogP contribution in [0.2, 0.25) is 0 Å². The van der Waals surface area contributed by atoms with Gasteiger partial charge in [-0.1, -0.05) is 13.8 Å². The van der Waals surface area contributed by atoms with Gasteiger partial charge in [-0.15, -0.1) is 0 Å². The minimum absolute atomic E-state index is 0.265. The Kier molecular flexibility index (Phi) is 1.88. The zero-order chi connectivity index (χ0) is 7.07. The first kappa shape index (κ1) is 7.55. The van der Waals surface area contributed by atoms with Crippen LogP contribution in [0.4, 0.5) is 0 Å². The first-order valence-corrected chi connectivity index (χ1v) is 5.12. The smallest absolute Gasteiger partial charge is 0.118 e. The fourth-order valence-electron chi connectivity index (χ4n) is 1.30. The average Bonchev–Trinajstić information content (AvgIpc) is 1.59. The molecule has 0 saturated heterocycles. The lowest BCUT2D eigenvalue weighted by Gasteiger charge is -2.40. The highest BCUT2D eigenvalue weighted by molar-refractivity contribution is 8.08. The van der Waals surface area contributed by atoms with Crippen LogP contribution in [0.25, 0.3) is 0 Å². The van der Waals surface area contributed by atoms with E-state index in [0.717, 1.165) is 12.8 Å². The average molecular weight is 167 g/mol. The summed E-state index contributed by atoms with van der Waals surface area (Å²) in [4.78, 5) is 0. The maximum atomic E-state index is 10.6. The van der Waals surface area contributed by atoms with Crippen molar-refractivity contribution in [3.8, 4) is 0 Å². The van der Waals surface area contributed by atoms with Crippen LogP contribution < -0.4 is 0 Å². The van der Waals surface area contributed by atoms with Gasteiger partial charge in [0.2, 0.25) is 0 Å². The Morgan fingerprint density at radius 3 is 2.11 bits per heavy atom. The van der Waals surface area contributed by atoms with Crippen molar-refractivity contribution in [2.75, 3.05) is 0 Å². The lowest BCUT2D eigenvalue weighted by Crippen LogP contribution is -2.37. The highest BCUT2D eigenvalue weighted by Gasteiger charge is 2.38. The van der Waals surface area contributed by atoms with Crippen molar-refractivity contribution in [1.29, 1.82) is 0 Å². The van der Waals surface area contributed by atoms with Crippen LogP contribution >= 0.6 is 10.7 Å². The molecule has 0 aromatic heterocycles. The van der Waals surface area contributed by atoms with Crippen LogP contribution in [-0.2, 0) is 10.0 Å². The molecule has 1 aliphatic carbocycles. The zero-order valence-corrected chi connectivity index (χ0v) is 7.26. The van der Waals surface area contributed by atoms with Gasteiger partial charge in [-0.25, -0.2) is 4.21 Å². The Morgan fingerprint density at radius 2 is 2.00 bits per heavy atom. The van der Waals surface area contributed by atoms with E-state index in [4.69, 9.17) is 10.7 Å². The summed E-state index contributed by atoms with van der Waals surface area (Å²) in [5.41, 5.74) is 0.398. The third-order valence-corrected chi connectivity index (χ3v) is 3.44. The van der Waals surface area contributed by atoms with Crippen LogP contribution in [0, 0.1) is 5.41 Å². The van der Waals surface area contributed by atoms with E-state index in [1.54, 1.807) is 0 Å². The standard InChI is InChI=1S/C6H11ClOS/c1-6(2)3-5(4-6)9(7)8/h5H,3-4H2,1-2H3. The lowest BCUT2D eigenvalue weighted by molar-refractivity contribution is 0.199. The molecule has 1 fully saturated rings. The first-order chi connectivity index (χ1) is 4.01. The van der Waals surface area contributed by atoms with E-state index >= 15 is 0 Å². The fraction of sp³-hybridized carbons (Fsp3) is 1.00. The predicted octanol–water partition coefficient (Wildman–Crippen LogP) is 2.08. The van der Waals surface area contributed by atoms with Gasteiger partial charge in [-0.3, -0.25) is 0 Å². The minimum atomic E-state index is -1.10. The normalized spacial score (nSPS) is 29.2. The highest BCUT2D eigenvalue weighted by Crippen LogP contribution is 2.43. The van der Waals surface area contributed by atoms with Gasteiger partial charge >= 0.3 is 0 Å². The lowest BCUT2D eigenvalue weighted by atomic mass is 9.72. The molecule has 0 heterocycles. The van der Waals surface area contributed by atoms with Crippen LogP contribution in [0.1, 0.15) is 26.7 Å². The summed E-state index contributed by atoms with van der Waals surface area (Å²) in [6, 6.07) is 0. The molecule has 0 aromatic carbocycles. The second kappa shape index (κ2) is 2.24. The van der Waals surface area contributed by atoms with Crippen molar-refractivity contribution >= 4 is 20.7 Å². The molecule has 1 atom stereocenters. The van der Waals surface area contributed by atoms with Crippen molar-refractivity contribution in [3.05, 3.63) is 0 Å². The van der Waals surface area contributed by atoms with Crippen molar-refractivity contribution in [1.82, 2.24) is 0 Å². The summed E-state index contributed by atoms with van der Waals surface area (Å²) in [6.07, 6.45) is 2.03. The van der Waals surface area contributed by atoms with E-state index in [2.05, 4.69) is 13.8 Å². The van der Waals surface area contributed by atoms with Gasteiger partial charge in [0.15, 0.2) is 0 Å². The molecule has 1 aliphatic rings. The summed E-state index contributed by atoms with van der Waals surface area (Å²) in [6.45, 7) is 4.35. The van der Waals surface area contributed by atoms with Gasteiger partial charge in [-0.05, 0) is 28.9 Å². The second-order valence-electron chi connectivity index (χ2n) is 3.44. The van der Waals surface area contributed by atoms with Crippen LogP contribution in [0.15, 0.2) is 0 Å². The predicted molar refractivity (Wildman–Crippen MR) is 40.8 cm³/mol. The van der Waals surface area contributed by atoms with E-state index in [1.807, 2.05) is 0 Å². The Balaban J connectivity index is 2.35. The van der Waals surface area contributed by atoms with Crippen molar-refractivity contribution in [2.45, 2.75) is 31.9 Å². The second-order valence-corrected chi connectivity index (χ2v) is 5.52. The summed E-state index contributed by atoms with van der Waals surface area (Å²) in [5.74, 6) is 0. The Labute approximate surface area is 62.7 Å². The maximum absolute atomic E-state index is 10.6.